The molecule has 3 heteroatoms. The van der Waals surface area contributed by atoms with E-state index >= 15 is 0 Å². The van der Waals surface area contributed by atoms with Crippen molar-refractivity contribution in [2.75, 3.05) is 20.6 Å². The molecule has 0 aliphatic carbocycles. The largest absolute Gasteiger partial charge is 0.309 e. The Morgan fingerprint density at radius 1 is 1.16 bits per heavy atom. The highest BCUT2D eigenvalue weighted by Crippen LogP contribution is 2.36. The van der Waals surface area contributed by atoms with E-state index in [1.807, 2.05) is 0 Å². The normalized spacial score (nSPS) is 13.0. The summed E-state index contributed by atoms with van der Waals surface area (Å²) in [6.07, 6.45) is 3.95. The van der Waals surface area contributed by atoms with Crippen molar-refractivity contribution >= 4 is 23.2 Å². The summed E-state index contributed by atoms with van der Waals surface area (Å²) in [5, 5.41) is 12.4. The molecule has 0 bridgehead atoms. The smallest absolute Gasteiger partial charge is 0.0815 e. The molecule has 0 saturated heterocycles. The molecule has 134 valence electrons. The number of benzene rings is 2. The Morgan fingerprint density at radius 3 is 2.44 bits per heavy atom. The summed E-state index contributed by atoms with van der Waals surface area (Å²) in [7, 11) is 4.12. The number of hydrogen-bond donors (Lipinski definition) is 0. The molecular formula is C22H29ClN2. The fraction of sp³-hybridized carbons (Fsp3) is 0.409. The van der Waals surface area contributed by atoms with Gasteiger partial charge in [-0.25, -0.2) is 0 Å². The maximum Gasteiger partial charge on any atom is 0.0815 e. The van der Waals surface area contributed by atoms with Crippen LogP contribution in [0.1, 0.15) is 38.3 Å². The first kappa shape index (κ1) is 21.2. The number of nitriles is 1. The lowest BCUT2D eigenvalue weighted by Crippen LogP contribution is -2.28. The number of halogens is 1. The van der Waals surface area contributed by atoms with Crippen LogP contribution in [0.5, 0.6) is 0 Å². The molecule has 1 unspecified atom stereocenters. The van der Waals surface area contributed by atoms with E-state index in [1.165, 1.54) is 27.5 Å². The van der Waals surface area contributed by atoms with Crippen LogP contribution in [0, 0.1) is 11.3 Å². The van der Waals surface area contributed by atoms with Crippen LogP contribution >= 0.6 is 12.4 Å². The lowest BCUT2D eigenvalue weighted by atomic mass is 9.75. The van der Waals surface area contributed by atoms with Gasteiger partial charge < -0.3 is 4.90 Å². The number of hydrogen-bond acceptors (Lipinski definition) is 2. The average Bonchev–Trinajstić information content (AvgIpc) is 2.57. The van der Waals surface area contributed by atoms with E-state index in [2.05, 4.69) is 88.3 Å². The van der Waals surface area contributed by atoms with Gasteiger partial charge in [-0.05, 0) is 76.2 Å². The molecule has 2 aromatic carbocycles. The van der Waals surface area contributed by atoms with E-state index in [-0.39, 0.29) is 12.4 Å². The molecule has 0 amide bonds. The Bertz CT molecular complexity index is 782. The van der Waals surface area contributed by atoms with E-state index in [9.17, 15) is 5.26 Å². The lowest BCUT2D eigenvalue weighted by molar-refractivity contribution is 0.363. The van der Waals surface area contributed by atoms with Gasteiger partial charge in [0.1, 0.15) is 0 Å². The molecule has 0 aromatic heterocycles. The van der Waals surface area contributed by atoms with Crippen molar-refractivity contribution in [1.29, 1.82) is 5.26 Å². The fourth-order valence-corrected chi connectivity index (χ4v) is 3.14. The van der Waals surface area contributed by atoms with Gasteiger partial charge in [-0.3, -0.25) is 0 Å². The van der Waals surface area contributed by atoms with E-state index in [4.69, 9.17) is 0 Å². The summed E-state index contributed by atoms with van der Waals surface area (Å²) in [4.78, 5) is 2.15. The Morgan fingerprint density at radius 2 is 1.84 bits per heavy atom. The minimum Gasteiger partial charge on any atom is -0.309 e. The maximum atomic E-state index is 10.0. The lowest BCUT2D eigenvalue weighted by Gasteiger charge is -2.28. The molecule has 0 fully saturated rings. The van der Waals surface area contributed by atoms with Crippen LogP contribution in [-0.4, -0.2) is 25.5 Å². The van der Waals surface area contributed by atoms with Crippen LogP contribution in [0.15, 0.2) is 48.0 Å². The third-order valence-electron chi connectivity index (χ3n) is 4.60. The van der Waals surface area contributed by atoms with Gasteiger partial charge in [0.25, 0.3) is 0 Å². The Balaban J connectivity index is 0.00000312. The van der Waals surface area contributed by atoms with Crippen LogP contribution in [0.4, 0.5) is 0 Å². The third kappa shape index (κ3) is 5.08. The predicted molar refractivity (Wildman–Crippen MR) is 110 cm³/mol. The topological polar surface area (TPSA) is 27.0 Å². The number of rotatable bonds is 6. The molecule has 25 heavy (non-hydrogen) atoms. The van der Waals surface area contributed by atoms with Crippen molar-refractivity contribution in [2.45, 2.75) is 39.0 Å². The standard InChI is InChI=1S/C22H28N2.ClH/c1-17(2)10-11-19-13-12-18-8-6-7-9-20(18)21(19)22(3,16-23)14-15-24(4)5;/h6-10,12-13H,11,14-15H2,1-5H3;1H. The van der Waals surface area contributed by atoms with Crippen LogP contribution in [0.3, 0.4) is 0 Å². The van der Waals surface area contributed by atoms with Crippen LogP contribution in [-0.2, 0) is 11.8 Å². The monoisotopic (exact) mass is 356 g/mol. The summed E-state index contributed by atoms with van der Waals surface area (Å²) >= 11 is 0. The van der Waals surface area contributed by atoms with E-state index < -0.39 is 5.41 Å². The third-order valence-corrected chi connectivity index (χ3v) is 4.60. The zero-order valence-electron chi connectivity index (χ0n) is 16.0. The quantitative estimate of drug-likeness (QED) is 0.638. The van der Waals surface area contributed by atoms with Crippen molar-refractivity contribution < 1.29 is 0 Å². The summed E-state index contributed by atoms with van der Waals surface area (Å²) < 4.78 is 0. The van der Waals surface area contributed by atoms with Crippen LogP contribution in [0.25, 0.3) is 10.8 Å². The van der Waals surface area contributed by atoms with Crippen molar-refractivity contribution in [2.24, 2.45) is 0 Å². The van der Waals surface area contributed by atoms with E-state index in [0.717, 1.165) is 19.4 Å². The van der Waals surface area contributed by atoms with E-state index in [1.54, 1.807) is 0 Å². The second kappa shape index (κ2) is 9.04. The highest BCUT2D eigenvalue weighted by atomic mass is 35.5. The van der Waals surface area contributed by atoms with Gasteiger partial charge >= 0.3 is 0 Å². The molecule has 2 rings (SSSR count). The van der Waals surface area contributed by atoms with Gasteiger partial charge in [0, 0.05) is 0 Å². The van der Waals surface area contributed by atoms with Gasteiger partial charge in [0.15, 0.2) is 0 Å². The van der Waals surface area contributed by atoms with Crippen molar-refractivity contribution in [3.63, 3.8) is 0 Å². The molecule has 0 aliphatic rings. The van der Waals surface area contributed by atoms with E-state index in [0.29, 0.717) is 0 Å². The predicted octanol–water partition coefficient (Wildman–Crippen LogP) is 5.50. The van der Waals surface area contributed by atoms with Gasteiger partial charge in [0.05, 0.1) is 11.5 Å². The van der Waals surface area contributed by atoms with Crippen molar-refractivity contribution in [3.05, 3.63) is 59.2 Å². The van der Waals surface area contributed by atoms with Crippen LogP contribution in [0.2, 0.25) is 0 Å². The minimum absolute atomic E-state index is 0. The molecule has 0 N–H and O–H groups in total. The summed E-state index contributed by atoms with van der Waals surface area (Å²) in [6.45, 7) is 7.23. The fourth-order valence-electron chi connectivity index (χ4n) is 3.14. The van der Waals surface area contributed by atoms with Gasteiger partial charge in [-0.1, -0.05) is 48.0 Å². The molecule has 0 heterocycles. The molecule has 2 aromatic rings. The molecule has 0 saturated carbocycles. The summed E-state index contributed by atoms with van der Waals surface area (Å²) in [5.74, 6) is 0. The summed E-state index contributed by atoms with van der Waals surface area (Å²) in [6, 6.07) is 15.4. The second-order valence-corrected chi connectivity index (χ2v) is 7.30. The SMILES string of the molecule is CC(C)=CCc1ccc2ccccc2c1C(C)(C#N)CCN(C)C.Cl. The van der Waals surface area contributed by atoms with Gasteiger partial charge in [0.2, 0.25) is 0 Å². The second-order valence-electron chi connectivity index (χ2n) is 7.30. The van der Waals surface area contributed by atoms with Crippen molar-refractivity contribution in [1.82, 2.24) is 4.90 Å². The highest BCUT2D eigenvalue weighted by Gasteiger charge is 2.30. The first-order valence-electron chi connectivity index (χ1n) is 8.58. The first-order chi connectivity index (χ1) is 11.4. The Labute approximate surface area is 158 Å². The molecule has 0 aliphatic heterocycles. The molecule has 2 nitrogen and oxygen atoms in total. The zero-order valence-corrected chi connectivity index (χ0v) is 16.8. The first-order valence-corrected chi connectivity index (χ1v) is 8.58. The van der Waals surface area contributed by atoms with Crippen molar-refractivity contribution in [3.8, 4) is 6.07 Å². The average molecular weight is 357 g/mol. The molecular weight excluding hydrogens is 328 g/mol. The highest BCUT2D eigenvalue weighted by molar-refractivity contribution is 5.88. The number of fused-ring (bicyclic) bond motifs is 1. The zero-order chi connectivity index (χ0) is 17.7. The molecule has 0 spiro atoms. The number of allylic oxidation sites excluding steroid dienone is 2. The summed E-state index contributed by atoms with van der Waals surface area (Å²) in [5.41, 5.74) is 3.27. The molecule has 0 radical (unpaired) electrons. The Kier molecular flexibility index (Phi) is 7.67. The maximum absolute atomic E-state index is 10.0. The van der Waals surface area contributed by atoms with Crippen LogP contribution < -0.4 is 0 Å². The Hall–Kier alpha value is -1.82. The molecule has 1 atom stereocenters. The minimum atomic E-state index is -0.490. The van der Waals surface area contributed by atoms with Gasteiger partial charge in [-0.2, -0.15) is 5.26 Å². The number of nitrogens with zero attached hydrogens (tertiary/aromatic N) is 2. The van der Waals surface area contributed by atoms with Gasteiger partial charge in [-0.15, -0.1) is 12.4 Å².